The topological polar surface area (TPSA) is 103 Å². The van der Waals surface area contributed by atoms with Gasteiger partial charge in [0.05, 0.1) is 18.8 Å². The number of aryl methyl sites for hydroxylation is 1. The highest BCUT2D eigenvalue weighted by atomic mass is 32.1. The molecular formula is C22H27N5O3S. The number of hydrogen-bond donors (Lipinski definition) is 3. The molecule has 1 unspecified atom stereocenters. The van der Waals surface area contributed by atoms with Crippen LogP contribution in [-0.4, -0.2) is 34.4 Å². The number of aromatic nitrogens is 1. The molecule has 1 aliphatic carbocycles. The second kappa shape index (κ2) is 9.05. The van der Waals surface area contributed by atoms with Gasteiger partial charge in [-0.05, 0) is 42.2 Å². The number of thiazole rings is 1. The van der Waals surface area contributed by atoms with Crippen LogP contribution in [0.5, 0.6) is 0 Å². The molecule has 4 rings (SSSR count). The van der Waals surface area contributed by atoms with E-state index in [1.54, 1.807) is 11.3 Å². The minimum Gasteiger partial charge on any atom is -0.334 e. The van der Waals surface area contributed by atoms with Crippen molar-refractivity contribution in [2.24, 2.45) is 11.8 Å². The van der Waals surface area contributed by atoms with E-state index in [9.17, 15) is 14.4 Å². The molecular weight excluding hydrogens is 414 g/mol. The van der Waals surface area contributed by atoms with E-state index in [1.165, 1.54) is 9.78 Å². The van der Waals surface area contributed by atoms with Crippen LogP contribution in [0.4, 0.5) is 14.7 Å². The van der Waals surface area contributed by atoms with Crippen molar-refractivity contribution in [1.82, 2.24) is 20.5 Å². The molecule has 5 amide bonds. The Labute approximate surface area is 185 Å². The van der Waals surface area contributed by atoms with Crippen molar-refractivity contribution in [3.8, 4) is 0 Å². The molecule has 1 atom stereocenters. The van der Waals surface area contributed by atoms with Gasteiger partial charge < -0.3 is 10.6 Å². The molecule has 1 fully saturated rings. The highest BCUT2D eigenvalue weighted by molar-refractivity contribution is 7.15. The molecule has 1 aliphatic heterocycles. The van der Waals surface area contributed by atoms with Crippen molar-refractivity contribution in [3.63, 3.8) is 0 Å². The summed E-state index contributed by atoms with van der Waals surface area (Å²) in [6.07, 6.45) is 3.19. The highest BCUT2D eigenvalue weighted by Gasteiger charge is 2.28. The Hall–Kier alpha value is -2.94. The fourth-order valence-corrected chi connectivity index (χ4v) is 5.00. The SMILES string of the molecule is CC(C)C1CCc2nc(NC(=O)NCc3ccc(CN4C(=O)CNC4=O)cc3)sc2C1. The summed E-state index contributed by atoms with van der Waals surface area (Å²) in [6, 6.07) is 6.82. The van der Waals surface area contributed by atoms with Gasteiger partial charge in [0.1, 0.15) is 0 Å². The van der Waals surface area contributed by atoms with Crippen molar-refractivity contribution >= 4 is 34.4 Å². The molecule has 0 bridgehead atoms. The first-order valence-electron chi connectivity index (χ1n) is 10.6. The zero-order valence-electron chi connectivity index (χ0n) is 17.7. The first-order valence-corrected chi connectivity index (χ1v) is 11.4. The smallest absolute Gasteiger partial charge is 0.324 e. The number of benzene rings is 1. The lowest BCUT2D eigenvalue weighted by atomic mass is 9.83. The normalized spacial score (nSPS) is 18.2. The predicted molar refractivity (Wildman–Crippen MR) is 119 cm³/mol. The summed E-state index contributed by atoms with van der Waals surface area (Å²) in [5.74, 6) is 1.13. The second-order valence-corrected chi connectivity index (χ2v) is 9.48. The van der Waals surface area contributed by atoms with E-state index in [-0.39, 0.29) is 31.1 Å². The van der Waals surface area contributed by atoms with Crippen LogP contribution >= 0.6 is 11.3 Å². The van der Waals surface area contributed by atoms with E-state index in [2.05, 4.69) is 34.8 Å². The highest BCUT2D eigenvalue weighted by Crippen LogP contribution is 2.35. The molecule has 3 N–H and O–H groups in total. The average Bonchev–Trinajstić information content (AvgIpc) is 3.29. The van der Waals surface area contributed by atoms with Crippen molar-refractivity contribution in [1.29, 1.82) is 0 Å². The van der Waals surface area contributed by atoms with E-state index >= 15 is 0 Å². The molecule has 1 saturated heterocycles. The Bertz CT molecular complexity index is 970. The molecule has 31 heavy (non-hydrogen) atoms. The van der Waals surface area contributed by atoms with Gasteiger partial charge in [-0.3, -0.25) is 15.0 Å². The first kappa shape index (κ1) is 21.3. The third kappa shape index (κ3) is 5.04. The number of nitrogens with one attached hydrogen (secondary N) is 3. The maximum Gasteiger partial charge on any atom is 0.324 e. The van der Waals surface area contributed by atoms with Gasteiger partial charge in [-0.1, -0.05) is 38.1 Å². The summed E-state index contributed by atoms with van der Waals surface area (Å²) >= 11 is 1.58. The van der Waals surface area contributed by atoms with E-state index in [0.29, 0.717) is 23.5 Å². The number of fused-ring (bicyclic) bond motifs is 1. The molecule has 0 spiro atoms. The van der Waals surface area contributed by atoms with E-state index in [0.717, 1.165) is 36.1 Å². The minimum atomic E-state index is -0.365. The van der Waals surface area contributed by atoms with Crippen LogP contribution < -0.4 is 16.0 Å². The number of hydrogen-bond acceptors (Lipinski definition) is 5. The lowest BCUT2D eigenvalue weighted by Gasteiger charge is -2.24. The number of urea groups is 2. The van der Waals surface area contributed by atoms with Crippen LogP contribution in [0.1, 0.15) is 42.0 Å². The molecule has 0 radical (unpaired) electrons. The number of nitrogens with zero attached hydrogens (tertiary/aromatic N) is 2. The van der Waals surface area contributed by atoms with Crippen LogP contribution in [0.2, 0.25) is 0 Å². The Morgan fingerprint density at radius 2 is 2.00 bits per heavy atom. The standard InChI is InChI=1S/C22H27N5O3S/c1-13(2)16-7-8-17-18(9-16)31-21(25-17)26-20(29)23-10-14-3-5-15(6-4-14)12-27-19(28)11-24-22(27)30/h3-6,13,16H,7-12H2,1-2H3,(H,24,30)(H2,23,25,26,29). The predicted octanol–water partition coefficient (Wildman–Crippen LogP) is 3.28. The van der Waals surface area contributed by atoms with Gasteiger partial charge in [-0.2, -0.15) is 0 Å². The van der Waals surface area contributed by atoms with Gasteiger partial charge >= 0.3 is 12.1 Å². The molecule has 8 nitrogen and oxygen atoms in total. The summed E-state index contributed by atoms with van der Waals surface area (Å²) in [5, 5.41) is 8.86. The van der Waals surface area contributed by atoms with E-state index in [1.807, 2.05) is 24.3 Å². The largest absolute Gasteiger partial charge is 0.334 e. The summed E-state index contributed by atoms with van der Waals surface area (Å²) in [6.45, 7) is 5.19. The maximum absolute atomic E-state index is 12.3. The van der Waals surface area contributed by atoms with Crippen LogP contribution in [0.3, 0.4) is 0 Å². The summed E-state index contributed by atoms with van der Waals surface area (Å²) in [7, 11) is 0. The molecule has 164 valence electrons. The fourth-order valence-electron chi connectivity index (χ4n) is 3.91. The number of rotatable bonds is 6. The lowest BCUT2D eigenvalue weighted by Crippen LogP contribution is -2.30. The summed E-state index contributed by atoms with van der Waals surface area (Å²) in [4.78, 5) is 42.7. The molecule has 2 heterocycles. The molecule has 2 aromatic rings. The fraction of sp³-hybridized carbons (Fsp3) is 0.455. The quantitative estimate of drug-likeness (QED) is 0.599. The van der Waals surface area contributed by atoms with E-state index in [4.69, 9.17) is 0 Å². The van der Waals surface area contributed by atoms with Gasteiger partial charge in [0.2, 0.25) is 5.91 Å². The Morgan fingerprint density at radius 3 is 2.68 bits per heavy atom. The number of carbonyl (C=O) groups excluding carboxylic acids is 3. The van der Waals surface area contributed by atoms with Crippen LogP contribution in [0, 0.1) is 11.8 Å². The van der Waals surface area contributed by atoms with Gasteiger partial charge in [0, 0.05) is 11.4 Å². The van der Waals surface area contributed by atoms with Crippen molar-refractivity contribution in [2.45, 2.75) is 46.2 Å². The van der Waals surface area contributed by atoms with Crippen molar-refractivity contribution in [2.75, 3.05) is 11.9 Å². The van der Waals surface area contributed by atoms with Gasteiger partial charge in [0.15, 0.2) is 5.13 Å². The van der Waals surface area contributed by atoms with Crippen LogP contribution in [0.15, 0.2) is 24.3 Å². The van der Waals surface area contributed by atoms with Gasteiger partial charge in [-0.15, -0.1) is 11.3 Å². The average molecular weight is 442 g/mol. The second-order valence-electron chi connectivity index (χ2n) is 8.40. The summed E-state index contributed by atoms with van der Waals surface area (Å²) in [5.41, 5.74) is 2.90. The van der Waals surface area contributed by atoms with Crippen molar-refractivity contribution < 1.29 is 14.4 Å². The van der Waals surface area contributed by atoms with Crippen LogP contribution in [0.25, 0.3) is 0 Å². The molecule has 1 aromatic heterocycles. The number of carbonyl (C=O) groups is 3. The third-order valence-corrected chi connectivity index (χ3v) is 6.93. The zero-order valence-corrected chi connectivity index (χ0v) is 18.6. The Kier molecular flexibility index (Phi) is 6.22. The van der Waals surface area contributed by atoms with E-state index < -0.39 is 0 Å². The van der Waals surface area contributed by atoms with Gasteiger partial charge in [-0.25, -0.2) is 14.6 Å². The Balaban J connectivity index is 1.27. The monoisotopic (exact) mass is 441 g/mol. The Morgan fingerprint density at radius 1 is 1.26 bits per heavy atom. The van der Waals surface area contributed by atoms with Gasteiger partial charge in [0.25, 0.3) is 0 Å². The minimum absolute atomic E-state index is 0.0519. The lowest BCUT2D eigenvalue weighted by molar-refractivity contribution is -0.125. The number of anilines is 1. The number of amides is 5. The molecule has 2 aliphatic rings. The first-order chi connectivity index (χ1) is 14.9. The third-order valence-electron chi connectivity index (χ3n) is 5.89. The maximum atomic E-state index is 12.3. The van der Waals surface area contributed by atoms with Crippen LogP contribution in [-0.2, 0) is 30.7 Å². The number of imide groups is 1. The molecule has 1 aromatic carbocycles. The molecule has 9 heteroatoms. The summed E-state index contributed by atoms with van der Waals surface area (Å²) < 4.78 is 0. The van der Waals surface area contributed by atoms with Crippen molar-refractivity contribution in [3.05, 3.63) is 46.0 Å². The zero-order chi connectivity index (χ0) is 22.0. The molecule has 0 saturated carbocycles.